The van der Waals surface area contributed by atoms with E-state index in [0.717, 1.165) is 25.8 Å². The number of sulfonamides is 1. The molecule has 118 valence electrons. The molecule has 0 spiro atoms. The number of hydrogen-bond donors (Lipinski definition) is 1. The van der Waals surface area contributed by atoms with E-state index in [1.807, 2.05) is 0 Å². The summed E-state index contributed by atoms with van der Waals surface area (Å²) in [6, 6.07) is 0.513. The molecule has 2 unspecified atom stereocenters. The summed E-state index contributed by atoms with van der Waals surface area (Å²) in [5.74, 6) is 0.572. The number of alkyl halides is 1. The molecular weight excluding hydrogens is 312 g/mol. The number of hydrogen-bond acceptors (Lipinski definition) is 4. The Kier molecular flexibility index (Phi) is 4.27. The number of aromatic amines is 1. The Hall–Kier alpha value is -0.630. The van der Waals surface area contributed by atoms with Gasteiger partial charge in [0.05, 0.1) is 12.1 Å². The van der Waals surface area contributed by atoms with E-state index in [4.69, 9.17) is 11.6 Å². The molecule has 6 nitrogen and oxygen atoms in total. The summed E-state index contributed by atoms with van der Waals surface area (Å²) in [5.41, 5.74) is 0.541. The second-order valence-corrected chi connectivity index (χ2v) is 8.10. The van der Waals surface area contributed by atoms with Gasteiger partial charge in [-0.05, 0) is 38.8 Å². The highest BCUT2D eigenvalue weighted by Gasteiger charge is 2.39. The summed E-state index contributed by atoms with van der Waals surface area (Å²) < 4.78 is 27.1. The second kappa shape index (κ2) is 5.87. The van der Waals surface area contributed by atoms with Crippen LogP contribution in [0.3, 0.4) is 0 Å². The first kappa shape index (κ1) is 15.3. The van der Waals surface area contributed by atoms with Crippen LogP contribution in [-0.2, 0) is 15.9 Å². The van der Waals surface area contributed by atoms with Gasteiger partial charge >= 0.3 is 0 Å². The monoisotopic (exact) mass is 332 g/mol. The predicted octanol–water partition coefficient (Wildman–Crippen LogP) is 1.25. The van der Waals surface area contributed by atoms with E-state index in [0.29, 0.717) is 30.6 Å². The molecule has 0 aromatic carbocycles. The largest absolute Gasteiger partial charge is 0.303 e. The van der Waals surface area contributed by atoms with Crippen LogP contribution >= 0.6 is 11.6 Å². The average molecular weight is 333 g/mol. The zero-order valence-electron chi connectivity index (χ0n) is 12.1. The van der Waals surface area contributed by atoms with Crippen molar-refractivity contribution < 1.29 is 8.42 Å². The number of fused-ring (bicyclic) bond motifs is 1. The van der Waals surface area contributed by atoms with E-state index in [2.05, 4.69) is 22.1 Å². The van der Waals surface area contributed by atoms with Crippen LogP contribution in [0.2, 0.25) is 0 Å². The first-order valence-electron chi connectivity index (χ1n) is 7.32. The lowest BCUT2D eigenvalue weighted by atomic mass is 9.85. The maximum Gasteiger partial charge on any atom is 0.260 e. The van der Waals surface area contributed by atoms with Crippen molar-refractivity contribution in [2.24, 2.45) is 5.92 Å². The minimum Gasteiger partial charge on any atom is -0.303 e. The van der Waals surface area contributed by atoms with E-state index in [9.17, 15) is 8.42 Å². The summed E-state index contributed by atoms with van der Waals surface area (Å²) in [5, 5.41) is 6.58. The highest BCUT2D eigenvalue weighted by Crippen LogP contribution is 2.32. The Balaban J connectivity index is 1.81. The molecule has 1 aromatic rings. The molecule has 3 rings (SSSR count). The molecule has 3 heterocycles. The standard InChI is InChI=1S/C13H21ClN4O2S/c1-17-5-2-3-10-9-18(6-4-12(10)17)21(19,20)13-11(7-14)8-15-16-13/h8,10,12H,2-7,9H2,1H3,(H,15,16). The van der Waals surface area contributed by atoms with Crippen LogP contribution in [0.5, 0.6) is 0 Å². The summed E-state index contributed by atoms with van der Waals surface area (Å²) in [7, 11) is -1.38. The van der Waals surface area contributed by atoms with Crippen LogP contribution in [0.4, 0.5) is 0 Å². The Bertz CT molecular complexity index is 603. The van der Waals surface area contributed by atoms with Gasteiger partial charge in [-0.2, -0.15) is 9.40 Å². The molecule has 1 N–H and O–H groups in total. The molecule has 2 atom stereocenters. The smallest absolute Gasteiger partial charge is 0.260 e. The molecule has 2 aliphatic rings. The third-order valence-electron chi connectivity index (χ3n) is 4.73. The lowest BCUT2D eigenvalue weighted by Crippen LogP contribution is -2.53. The lowest BCUT2D eigenvalue weighted by molar-refractivity contribution is 0.0670. The fourth-order valence-electron chi connectivity index (χ4n) is 3.58. The fourth-order valence-corrected chi connectivity index (χ4v) is 5.48. The minimum atomic E-state index is -3.52. The molecule has 2 fully saturated rings. The van der Waals surface area contributed by atoms with Crippen molar-refractivity contribution in [2.75, 3.05) is 26.7 Å². The van der Waals surface area contributed by atoms with Crippen LogP contribution in [0, 0.1) is 5.92 Å². The molecule has 0 saturated carbocycles. The quantitative estimate of drug-likeness (QED) is 0.846. The van der Waals surface area contributed by atoms with Gasteiger partial charge in [-0.3, -0.25) is 5.10 Å². The maximum absolute atomic E-state index is 12.8. The van der Waals surface area contributed by atoms with Crippen molar-refractivity contribution >= 4 is 21.6 Å². The molecule has 1 aromatic heterocycles. The van der Waals surface area contributed by atoms with Crippen LogP contribution in [0.15, 0.2) is 11.2 Å². The average Bonchev–Trinajstić information content (AvgIpc) is 2.96. The molecule has 2 saturated heterocycles. The molecule has 8 heteroatoms. The van der Waals surface area contributed by atoms with Crippen LogP contribution in [0.1, 0.15) is 24.8 Å². The molecular formula is C13H21ClN4O2S. The molecule has 0 bridgehead atoms. The minimum absolute atomic E-state index is 0.147. The van der Waals surface area contributed by atoms with Crippen molar-refractivity contribution in [1.82, 2.24) is 19.4 Å². The van der Waals surface area contributed by atoms with Crippen LogP contribution in [0.25, 0.3) is 0 Å². The summed E-state index contributed by atoms with van der Waals surface area (Å²) >= 11 is 5.80. The van der Waals surface area contributed by atoms with E-state index >= 15 is 0 Å². The van der Waals surface area contributed by atoms with Gasteiger partial charge in [-0.1, -0.05) is 0 Å². The van der Waals surface area contributed by atoms with Crippen molar-refractivity contribution in [1.29, 1.82) is 0 Å². The normalized spacial score (nSPS) is 28.5. The van der Waals surface area contributed by atoms with Crippen LogP contribution in [-0.4, -0.2) is 60.5 Å². The first-order chi connectivity index (χ1) is 10.0. The van der Waals surface area contributed by atoms with Crippen molar-refractivity contribution in [3.8, 4) is 0 Å². The predicted molar refractivity (Wildman–Crippen MR) is 80.7 cm³/mol. The van der Waals surface area contributed by atoms with Gasteiger partial charge in [-0.15, -0.1) is 11.6 Å². The van der Waals surface area contributed by atoms with E-state index in [1.165, 1.54) is 6.20 Å². The number of rotatable bonds is 3. The van der Waals surface area contributed by atoms with Gasteiger partial charge in [0.1, 0.15) is 0 Å². The number of aromatic nitrogens is 2. The van der Waals surface area contributed by atoms with Gasteiger partial charge in [0, 0.05) is 24.7 Å². The molecule has 2 aliphatic heterocycles. The number of piperidine rings is 2. The maximum atomic E-state index is 12.8. The topological polar surface area (TPSA) is 69.3 Å². The van der Waals surface area contributed by atoms with Gasteiger partial charge in [-0.25, -0.2) is 8.42 Å². The molecule has 0 aliphatic carbocycles. The summed E-state index contributed by atoms with van der Waals surface area (Å²) in [4.78, 5) is 2.37. The fraction of sp³-hybridized carbons (Fsp3) is 0.769. The number of likely N-dealkylation sites (tertiary alicyclic amines) is 1. The Morgan fingerprint density at radius 2 is 2.24 bits per heavy atom. The van der Waals surface area contributed by atoms with E-state index < -0.39 is 10.0 Å². The van der Waals surface area contributed by atoms with Gasteiger partial charge in [0.2, 0.25) is 0 Å². The molecule has 21 heavy (non-hydrogen) atoms. The SMILES string of the molecule is CN1CCCC2CN(S(=O)(=O)c3[nH]ncc3CCl)CCC21. The number of nitrogens with one attached hydrogen (secondary N) is 1. The highest BCUT2D eigenvalue weighted by molar-refractivity contribution is 7.89. The van der Waals surface area contributed by atoms with Crippen molar-refractivity contribution in [3.05, 3.63) is 11.8 Å². The Labute approximate surface area is 130 Å². The summed E-state index contributed by atoms with van der Waals surface area (Å²) in [6.07, 6.45) is 4.63. The third-order valence-corrected chi connectivity index (χ3v) is 6.90. The Morgan fingerprint density at radius 1 is 1.43 bits per heavy atom. The first-order valence-corrected chi connectivity index (χ1v) is 9.30. The van der Waals surface area contributed by atoms with Crippen molar-refractivity contribution in [2.45, 2.75) is 36.2 Å². The van der Waals surface area contributed by atoms with Crippen molar-refractivity contribution in [3.63, 3.8) is 0 Å². The molecule has 0 amide bonds. The van der Waals surface area contributed by atoms with E-state index in [-0.39, 0.29) is 10.9 Å². The Morgan fingerprint density at radius 3 is 3.00 bits per heavy atom. The lowest BCUT2D eigenvalue weighted by Gasteiger charge is -2.45. The third kappa shape index (κ3) is 2.72. The number of halogens is 1. The zero-order chi connectivity index (χ0) is 15.0. The summed E-state index contributed by atoms with van der Waals surface area (Å²) in [6.45, 7) is 2.28. The second-order valence-electron chi connectivity index (χ2n) is 5.96. The molecule has 0 radical (unpaired) electrons. The van der Waals surface area contributed by atoms with Gasteiger partial charge in [0.15, 0.2) is 5.03 Å². The van der Waals surface area contributed by atoms with Gasteiger partial charge in [0.25, 0.3) is 10.0 Å². The van der Waals surface area contributed by atoms with E-state index in [1.54, 1.807) is 4.31 Å². The number of H-pyrrole nitrogens is 1. The number of nitrogens with zero attached hydrogens (tertiary/aromatic N) is 3. The van der Waals surface area contributed by atoms with Crippen LogP contribution < -0.4 is 0 Å². The zero-order valence-corrected chi connectivity index (χ0v) is 13.7. The van der Waals surface area contributed by atoms with Gasteiger partial charge < -0.3 is 4.90 Å². The highest BCUT2D eigenvalue weighted by atomic mass is 35.5.